The topological polar surface area (TPSA) is 68.5 Å². The quantitative estimate of drug-likeness (QED) is 0.508. The number of hydrogen-bond acceptors (Lipinski definition) is 4. The third-order valence-electron chi connectivity index (χ3n) is 4.23. The molecule has 0 unspecified atom stereocenters. The molecule has 0 radical (unpaired) electrons. The fraction of sp³-hybridized carbons (Fsp3) is 0.190. The molecule has 144 valence electrons. The van der Waals surface area contributed by atoms with E-state index in [-0.39, 0.29) is 12.3 Å². The lowest BCUT2D eigenvalue weighted by atomic mass is 10.1. The van der Waals surface area contributed by atoms with Gasteiger partial charge in [0.2, 0.25) is 5.91 Å². The number of halogens is 1. The molecule has 0 aliphatic carbocycles. The van der Waals surface area contributed by atoms with Crippen LogP contribution in [0.5, 0.6) is 5.75 Å². The average Bonchev–Trinajstić information content (AvgIpc) is 2.97. The first-order valence-electron chi connectivity index (χ1n) is 8.75. The summed E-state index contributed by atoms with van der Waals surface area (Å²) in [6.45, 7) is 3.86. The molecule has 0 aliphatic rings. The third kappa shape index (κ3) is 4.58. The highest BCUT2D eigenvalue weighted by molar-refractivity contribution is 6.32. The number of amides is 1. The molecule has 3 rings (SSSR count). The highest BCUT2D eigenvalue weighted by atomic mass is 35.5. The number of hydrazone groups is 1. The van der Waals surface area contributed by atoms with Gasteiger partial charge in [-0.1, -0.05) is 41.4 Å². The van der Waals surface area contributed by atoms with Gasteiger partial charge >= 0.3 is 0 Å². The second-order valence-electron chi connectivity index (χ2n) is 6.36. The summed E-state index contributed by atoms with van der Waals surface area (Å²) in [5.74, 6) is 0.527. The van der Waals surface area contributed by atoms with Crippen molar-refractivity contribution >= 4 is 23.7 Å². The van der Waals surface area contributed by atoms with Crippen LogP contribution in [0, 0.1) is 13.8 Å². The Balaban J connectivity index is 1.66. The minimum Gasteiger partial charge on any atom is -0.497 e. The highest BCUT2D eigenvalue weighted by Gasteiger charge is 2.13. The average molecular weight is 397 g/mol. The van der Waals surface area contributed by atoms with E-state index in [9.17, 15) is 4.79 Å². The van der Waals surface area contributed by atoms with Gasteiger partial charge in [-0.3, -0.25) is 4.79 Å². The minimum absolute atomic E-state index is 0.219. The van der Waals surface area contributed by atoms with Gasteiger partial charge in [0.25, 0.3) is 0 Å². The van der Waals surface area contributed by atoms with Crippen molar-refractivity contribution in [1.29, 1.82) is 0 Å². The Morgan fingerprint density at radius 2 is 1.86 bits per heavy atom. The fourth-order valence-corrected chi connectivity index (χ4v) is 2.97. The molecule has 2 aromatic carbocycles. The van der Waals surface area contributed by atoms with Gasteiger partial charge in [-0.25, -0.2) is 10.1 Å². The Labute approximate surface area is 168 Å². The molecule has 7 heteroatoms. The van der Waals surface area contributed by atoms with Crippen molar-refractivity contribution in [2.75, 3.05) is 7.11 Å². The van der Waals surface area contributed by atoms with Crippen LogP contribution in [0.15, 0.2) is 53.6 Å². The maximum absolute atomic E-state index is 12.1. The van der Waals surface area contributed by atoms with Crippen LogP contribution in [0.25, 0.3) is 5.69 Å². The number of aryl methyl sites for hydroxylation is 2. The molecular formula is C21H21ClN4O2. The number of ether oxygens (including phenoxy) is 1. The summed E-state index contributed by atoms with van der Waals surface area (Å²) in [4.78, 5) is 12.1. The second kappa shape index (κ2) is 8.71. The third-order valence-corrected chi connectivity index (χ3v) is 4.60. The Bertz CT molecular complexity index is 992. The van der Waals surface area contributed by atoms with Crippen LogP contribution in [-0.4, -0.2) is 29.0 Å². The van der Waals surface area contributed by atoms with Crippen molar-refractivity contribution in [3.63, 3.8) is 0 Å². The SMILES string of the molecule is COc1ccc(CC(=O)NN=Cc2c(C)nn(-c3ccc(C)cc3)c2Cl)cc1. The molecule has 3 aromatic rings. The summed E-state index contributed by atoms with van der Waals surface area (Å²) in [5.41, 5.74) is 6.79. The Morgan fingerprint density at radius 1 is 1.18 bits per heavy atom. The van der Waals surface area contributed by atoms with E-state index in [2.05, 4.69) is 15.6 Å². The molecule has 1 N–H and O–H groups in total. The predicted octanol–water partition coefficient (Wildman–Crippen LogP) is 3.84. The maximum Gasteiger partial charge on any atom is 0.244 e. The number of nitrogens with one attached hydrogen (secondary N) is 1. The molecule has 0 saturated heterocycles. The first-order chi connectivity index (χ1) is 13.5. The van der Waals surface area contributed by atoms with E-state index in [1.807, 2.05) is 62.4 Å². The molecule has 0 fully saturated rings. The van der Waals surface area contributed by atoms with Crippen molar-refractivity contribution in [3.05, 3.63) is 76.1 Å². The number of carbonyl (C=O) groups excluding carboxylic acids is 1. The van der Waals surface area contributed by atoms with E-state index in [4.69, 9.17) is 16.3 Å². The molecule has 1 amide bonds. The minimum atomic E-state index is -0.221. The van der Waals surface area contributed by atoms with E-state index in [0.29, 0.717) is 10.7 Å². The number of carbonyl (C=O) groups is 1. The zero-order valence-corrected chi connectivity index (χ0v) is 16.7. The van der Waals surface area contributed by atoms with E-state index in [1.165, 1.54) is 6.21 Å². The van der Waals surface area contributed by atoms with Crippen LogP contribution in [0.3, 0.4) is 0 Å². The summed E-state index contributed by atoms with van der Waals surface area (Å²) in [5, 5.41) is 8.93. The zero-order chi connectivity index (χ0) is 20.1. The van der Waals surface area contributed by atoms with Crippen LogP contribution in [0.4, 0.5) is 0 Å². The first-order valence-corrected chi connectivity index (χ1v) is 9.12. The summed E-state index contributed by atoms with van der Waals surface area (Å²) in [6, 6.07) is 15.2. The van der Waals surface area contributed by atoms with Gasteiger partial charge < -0.3 is 4.74 Å². The molecule has 1 aromatic heterocycles. The second-order valence-corrected chi connectivity index (χ2v) is 6.71. The molecule has 0 spiro atoms. The van der Waals surface area contributed by atoms with E-state index in [1.54, 1.807) is 11.8 Å². The lowest BCUT2D eigenvalue weighted by Crippen LogP contribution is -2.19. The zero-order valence-electron chi connectivity index (χ0n) is 15.9. The number of methoxy groups -OCH3 is 1. The molecule has 0 bridgehead atoms. The summed E-state index contributed by atoms with van der Waals surface area (Å²) in [6.07, 6.45) is 1.73. The smallest absolute Gasteiger partial charge is 0.244 e. The number of aromatic nitrogens is 2. The number of rotatable bonds is 6. The largest absolute Gasteiger partial charge is 0.497 e. The summed E-state index contributed by atoms with van der Waals surface area (Å²) >= 11 is 6.46. The maximum atomic E-state index is 12.1. The first kappa shape index (κ1) is 19.6. The van der Waals surface area contributed by atoms with Gasteiger partial charge in [-0.05, 0) is 43.7 Å². The number of hydrogen-bond donors (Lipinski definition) is 1. The Morgan fingerprint density at radius 3 is 2.50 bits per heavy atom. The Hall–Kier alpha value is -3.12. The van der Waals surface area contributed by atoms with Crippen LogP contribution >= 0.6 is 11.6 Å². The van der Waals surface area contributed by atoms with Gasteiger partial charge in [0, 0.05) is 0 Å². The normalized spacial score (nSPS) is 11.0. The molecule has 0 saturated carbocycles. The lowest BCUT2D eigenvalue weighted by molar-refractivity contribution is -0.120. The van der Waals surface area contributed by atoms with Gasteiger partial charge in [-0.2, -0.15) is 10.2 Å². The van der Waals surface area contributed by atoms with Crippen LogP contribution < -0.4 is 10.2 Å². The lowest BCUT2D eigenvalue weighted by Gasteiger charge is -2.03. The summed E-state index contributed by atoms with van der Waals surface area (Å²) < 4.78 is 6.76. The van der Waals surface area contributed by atoms with Crippen molar-refractivity contribution in [2.45, 2.75) is 20.3 Å². The van der Waals surface area contributed by atoms with Gasteiger partial charge in [0.1, 0.15) is 10.9 Å². The standard InChI is InChI=1S/C21H21ClN4O2/c1-14-4-8-17(9-5-14)26-21(22)19(15(2)25-26)13-23-24-20(27)12-16-6-10-18(28-3)11-7-16/h4-11,13H,12H2,1-3H3,(H,24,27). The van der Waals surface area contributed by atoms with Crippen LogP contribution in [0.2, 0.25) is 5.15 Å². The monoisotopic (exact) mass is 396 g/mol. The molecule has 28 heavy (non-hydrogen) atoms. The van der Waals surface area contributed by atoms with Gasteiger partial charge in [0.15, 0.2) is 0 Å². The van der Waals surface area contributed by atoms with Crippen LogP contribution in [0.1, 0.15) is 22.4 Å². The Kier molecular flexibility index (Phi) is 6.11. The summed E-state index contributed by atoms with van der Waals surface area (Å²) in [7, 11) is 1.60. The van der Waals surface area contributed by atoms with E-state index in [0.717, 1.165) is 28.3 Å². The van der Waals surface area contributed by atoms with Gasteiger partial charge in [0.05, 0.1) is 36.7 Å². The number of nitrogens with zero attached hydrogens (tertiary/aromatic N) is 3. The predicted molar refractivity (Wildman–Crippen MR) is 110 cm³/mol. The van der Waals surface area contributed by atoms with Crippen molar-refractivity contribution < 1.29 is 9.53 Å². The molecule has 6 nitrogen and oxygen atoms in total. The number of benzene rings is 2. The van der Waals surface area contributed by atoms with Crippen molar-refractivity contribution in [2.24, 2.45) is 5.10 Å². The molecule has 1 heterocycles. The van der Waals surface area contributed by atoms with Gasteiger partial charge in [-0.15, -0.1) is 0 Å². The van der Waals surface area contributed by atoms with Crippen LogP contribution in [-0.2, 0) is 11.2 Å². The van der Waals surface area contributed by atoms with E-state index >= 15 is 0 Å². The van der Waals surface area contributed by atoms with Crippen molar-refractivity contribution in [1.82, 2.24) is 15.2 Å². The van der Waals surface area contributed by atoms with Crippen molar-refractivity contribution in [3.8, 4) is 11.4 Å². The molecular weight excluding hydrogens is 376 g/mol. The fourth-order valence-electron chi connectivity index (χ4n) is 2.65. The van der Waals surface area contributed by atoms with E-state index < -0.39 is 0 Å². The molecule has 0 aliphatic heterocycles. The highest BCUT2D eigenvalue weighted by Crippen LogP contribution is 2.22. The molecule has 0 atom stereocenters.